The quantitative estimate of drug-likeness (QED) is 0.0216. The number of allylic oxidation sites excluding steroid dienone is 4. The average molecular weight is 1210 g/mol. The number of amides is 5. The molecule has 0 unspecified atom stereocenters. The molecule has 5 rings (SSSR count). The molecule has 81 heavy (non-hydrogen) atoms. The van der Waals surface area contributed by atoms with E-state index in [1.54, 1.807) is 53.0 Å². The van der Waals surface area contributed by atoms with E-state index in [1.807, 2.05) is 26.0 Å². The Balaban J connectivity index is 1.31. The number of nitrogens with one attached hydrogen (secondary N) is 3. The number of carbonyl (C=O) groups excluding carboxylic acids is 8. The standard InChI is InChI=1S/C60H80BrClFN5O13/c1-34(2)42(29-41(69)17-12-10-11-13-19-47(70)37(5)33-61)56(74)66-45(18-15-23-65-57(64)75)48(71)28-39-21-22-44(43(63)26-39)67-58(76)80-51-30-52(72)68(8)46-27-40(25-36(4)54(46)62)24-35(3)16-14-20-50(78-9)60(77)31-49(79-53(73)32-60)38(6)55-59(51,7)81-55/h14,16,20-22,25-27,34,38,42,45,49-51,55,77H,5,10-13,15,17-19,23-24,28-33H2,1-4,6-9H3,(H,66,74)(H,67,76)(H3,64,65,75)/b20-14+,35-16+/t38-,42+,45+,49+,50-,51+,55+,59+,60-/m1/s1. The fourth-order valence-corrected chi connectivity index (χ4v) is 11.1. The zero-order chi connectivity index (χ0) is 59.9. The SMILES string of the molecule is C=C(CBr)C(=O)CCCCCCC(=O)C[C@H](C(=O)N[C@@H](CCCNC(N)=O)C(=O)Cc1ccc(NC(=O)O[C@H]2CC(=O)N(C)c3cc(cc(C)c3Cl)C/C(C)=C/C=C/[C@@H](OC)[C@]3(O)CC(=O)O[C@@H](C3)[C@@H](C)[C@@H]3O[C@@]23C)c(F)c1)C(C)C. The number of unbranched alkanes of at least 4 members (excludes halogenated alkanes) is 3. The number of fused-ring (bicyclic) bond motifs is 5. The Labute approximate surface area is 488 Å². The first-order chi connectivity index (χ1) is 38.2. The highest BCUT2D eigenvalue weighted by molar-refractivity contribution is 9.09. The number of rotatable bonds is 24. The summed E-state index contributed by atoms with van der Waals surface area (Å²) in [7, 11) is 2.99. The maximum absolute atomic E-state index is 16.1. The number of anilines is 2. The molecule has 6 N–H and O–H groups in total. The summed E-state index contributed by atoms with van der Waals surface area (Å²) >= 11 is 10.1. The lowest BCUT2D eigenvalue weighted by Crippen LogP contribution is -2.53. The summed E-state index contributed by atoms with van der Waals surface area (Å²) in [6.45, 7) is 14.6. The number of alkyl halides is 1. The summed E-state index contributed by atoms with van der Waals surface area (Å²) in [5, 5.41) is 20.4. The molecule has 2 aromatic carbocycles. The molecular formula is C60H80BrClFN5O13. The van der Waals surface area contributed by atoms with Gasteiger partial charge in [0.2, 0.25) is 11.8 Å². The number of ether oxygens (including phenoxy) is 4. The minimum Gasteiger partial charge on any atom is -0.462 e. The highest BCUT2D eigenvalue weighted by atomic mass is 79.9. The van der Waals surface area contributed by atoms with E-state index in [0.717, 1.165) is 30.0 Å². The molecule has 9 atom stereocenters. The Hall–Kier alpha value is -5.80. The van der Waals surface area contributed by atoms with Gasteiger partial charge in [-0.15, -0.1) is 0 Å². The molecule has 5 amide bonds. The normalized spacial score (nSPS) is 24.8. The number of ketones is 3. The topological polar surface area (TPSA) is 262 Å². The summed E-state index contributed by atoms with van der Waals surface area (Å²) in [6, 6.07) is 5.58. The van der Waals surface area contributed by atoms with Gasteiger partial charge in [0.1, 0.15) is 41.1 Å². The van der Waals surface area contributed by atoms with Crippen molar-refractivity contribution in [2.45, 2.75) is 173 Å². The number of Topliss-reactive ketones (excluding diaryl/α,β-unsaturated/α-hetero) is 3. The fraction of sp³-hybridized carbons (Fsp3) is 0.567. The lowest BCUT2D eigenvalue weighted by molar-refractivity contribution is -0.187. The van der Waals surface area contributed by atoms with Crippen LogP contribution in [-0.4, -0.2) is 120 Å². The van der Waals surface area contributed by atoms with Gasteiger partial charge in [0.05, 0.1) is 41.4 Å². The number of nitrogens with two attached hydrogens (primary N) is 1. The molecule has 18 nitrogen and oxygen atoms in total. The highest BCUT2D eigenvalue weighted by Gasteiger charge is 2.64. The number of benzene rings is 2. The number of urea groups is 1. The number of methoxy groups -OCH3 is 1. The van der Waals surface area contributed by atoms with Crippen LogP contribution in [0.2, 0.25) is 5.02 Å². The second kappa shape index (κ2) is 30.0. The predicted octanol–water partition coefficient (Wildman–Crippen LogP) is 9.20. The van der Waals surface area contributed by atoms with Crippen LogP contribution < -0.4 is 26.6 Å². The molecule has 3 heterocycles. The fourth-order valence-electron chi connectivity index (χ4n) is 10.6. The maximum Gasteiger partial charge on any atom is 0.412 e. The number of primary amides is 1. The molecule has 2 aromatic rings. The van der Waals surface area contributed by atoms with Gasteiger partial charge in [-0.1, -0.05) is 104 Å². The molecule has 0 spiro atoms. The van der Waals surface area contributed by atoms with Gasteiger partial charge in [-0.25, -0.2) is 14.0 Å². The summed E-state index contributed by atoms with van der Waals surface area (Å²) in [6.07, 6.45) is 3.40. The van der Waals surface area contributed by atoms with Crippen molar-refractivity contribution in [2.75, 3.05) is 36.2 Å². The van der Waals surface area contributed by atoms with E-state index in [0.29, 0.717) is 52.9 Å². The van der Waals surface area contributed by atoms with Crippen molar-refractivity contribution in [1.82, 2.24) is 10.6 Å². The largest absolute Gasteiger partial charge is 0.462 e. The van der Waals surface area contributed by atoms with Crippen LogP contribution in [0, 0.1) is 30.5 Å². The summed E-state index contributed by atoms with van der Waals surface area (Å²) in [5.74, 6) is -4.79. The third kappa shape index (κ3) is 18.6. The first-order valence-corrected chi connectivity index (χ1v) is 29.1. The molecular weight excluding hydrogens is 1130 g/mol. The number of carbonyl (C=O) groups is 8. The van der Waals surface area contributed by atoms with Crippen LogP contribution in [0.4, 0.5) is 25.4 Å². The lowest BCUT2D eigenvalue weighted by atomic mass is 9.78. The number of aliphatic hydroxyl groups is 1. The maximum atomic E-state index is 16.1. The molecule has 4 bridgehead atoms. The minimum atomic E-state index is -1.66. The predicted molar refractivity (Wildman–Crippen MR) is 309 cm³/mol. The van der Waals surface area contributed by atoms with Crippen molar-refractivity contribution in [3.8, 4) is 0 Å². The molecule has 21 heteroatoms. The first kappa shape index (κ1) is 66.0. The third-order valence-corrected chi connectivity index (χ3v) is 16.7. The van der Waals surface area contributed by atoms with Crippen LogP contribution in [0.5, 0.6) is 0 Å². The highest BCUT2D eigenvalue weighted by Crippen LogP contribution is 2.50. The molecule has 0 aromatic heterocycles. The zero-order valence-electron chi connectivity index (χ0n) is 47.8. The Kier molecular flexibility index (Phi) is 24.4. The van der Waals surface area contributed by atoms with E-state index < -0.39 is 101 Å². The molecule has 0 radical (unpaired) electrons. The van der Waals surface area contributed by atoms with E-state index >= 15 is 4.39 Å². The molecule has 0 saturated carbocycles. The Morgan fingerprint density at radius 2 is 1.75 bits per heavy atom. The van der Waals surface area contributed by atoms with Crippen molar-refractivity contribution in [3.63, 3.8) is 0 Å². The van der Waals surface area contributed by atoms with Gasteiger partial charge in [-0.2, -0.15) is 0 Å². The third-order valence-electron chi connectivity index (χ3n) is 15.5. The van der Waals surface area contributed by atoms with Gasteiger partial charge >= 0.3 is 18.1 Å². The summed E-state index contributed by atoms with van der Waals surface area (Å²) in [5.41, 5.74) is 5.55. The van der Waals surface area contributed by atoms with Gasteiger partial charge < -0.3 is 45.3 Å². The molecule has 2 saturated heterocycles. The smallest absolute Gasteiger partial charge is 0.412 e. The van der Waals surface area contributed by atoms with Gasteiger partial charge in [0, 0.05) is 70.0 Å². The minimum absolute atomic E-state index is 0.00661. The van der Waals surface area contributed by atoms with E-state index in [9.17, 15) is 43.5 Å². The van der Waals surface area contributed by atoms with Crippen LogP contribution in [0.1, 0.15) is 128 Å². The second-order valence-corrected chi connectivity index (χ2v) is 23.3. The Morgan fingerprint density at radius 3 is 2.41 bits per heavy atom. The van der Waals surface area contributed by atoms with Crippen LogP contribution >= 0.6 is 27.5 Å². The van der Waals surface area contributed by atoms with Crippen molar-refractivity contribution in [3.05, 3.63) is 93.8 Å². The number of halogens is 3. The van der Waals surface area contributed by atoms with Crippen LogP contribution in [-0.2, 0) is 60.6 Å². The Bertz CT molecular complexity index is 2740. The van der Waals surface area contributed by atoms with Crippen molar-refractivity contribution >= 4 is 86.2 Å². The molecule has 444 valence electrons. The Morgan fingerprint density at radius 1 is 1.05 bits per heavy atom. The average Bonchev–Trinajstić information content (AvgIpc) is 4.12. The van der Waals surface area contributed by atoms with Gasteiger partial charge in [0.25, 0.3) is 0 Å². The number of nitrogens with zero attached hydrogens (tertiary/aromatic N) is 1. The number of esters is 1. The number of epoxide rings is 1. The molecule has 3 aliphatic rings. The van der Waals surface area contributed by atoms with E-state index in [4.69, 9.17) is 36.3 Å². The van der Waals surface area contributed by atoms with Crippen molar-refractivity contribution < 1.29 is 66.8 Å². The van der Waals surface area contributed by atoms with Crippen molar-refractivity contribution in [1.29, 1.82) is 0 Å². The first-order valence-electron chi connectivity index (χ1n) is 27.6. The molecule has 3 aliphatic heterocycles. The van der Waals surface area contributed by atoms with Gasteiger partial charge in [-0.3, -0.25) is 34.1 Å². The zero-order valence-corrected chi connectivity index (χ0v) is 50.1. The van der Waals surface area contributed by atoms with Crippen LogP contribution in [0.3, 0.4) is 0 Å². The molecule has 2 fully saturated rings. The van der Waals surface area contributed by atoms with Gasteiger partial charge in [-0.05, 0) is 99.3 Å². The monoisotopic (exact) mass is 1210 g/mol. The van der Waals surface area contributed by atoms with Gasteiger partial charge in [0.15, 0.2) is 11.6 Å². The molecule has 0 aliphatic carbocycles. The number of hydrogen-bond donors (Lipinski definition) is 5. The van der Waals surface area contributed by atoms with Crippen LogP contribution in [0.15, 0.2) is 66.3 Å². The van der Waals surface area contributed by atoms with E-state index in [1.165, 1.54) is 24.1 Å². The number of hydrogen-bond acceptors (Lipinski definition) is 13. The van der Waals surface area contributed by atoms with Crippen molar-refractivity contribution in [2.24, 2.45) is 23.5 Å². The second-order valence-electron chi connectivity index (χ2n) is 22.4. The van der Waals surface area contributed by atoms with E-state index in [-0.39, 0.29) is 80.2 Å². The summed E-state index contributed by atoms with van der Waals surface area (Å²) < 4.78 is 39.9. The summed E-state index contributed by atoms with van der Waals surface area (Å²) in [4.78, 5) is 107. The number of aryl methyl sites for hydroxylation is 1. The lowest BCUT2D eigenvalue weighted by Gasteiger charge is -2.41. The van der Waals surface area contributed by atoms with Crippen LogP contribution in [0.25, 0.3) is 0 Å². The van der Waals surface area contributed by atoms with E-state index in [2.05, 4.69) is 38.5 Å².